The molecule has 0 aliphatic carbocycles. The van der Waals surface area contributed by atoms with E-state index in [1.807, 2.05) is 48.7 Å². The molecule has 1 aromatic heterocycles. The van der Waals surface area contributed by atoms with Crippen LogP contribution in [0.1, 0.15) is 26.4 Å². The van der Waals surface area contributed by atoms with Crippen LogP contribution >= 0.6 is 34.9 Å². The molecule has 1 N–H and O–H groups in total. The molecule has 1 amide bonds. The number of aliphatic imine (C=N–C) groups is 1. The summed E-state index contributed by atoms with van der Waals surface area (Å²) >= 11 is 5.01. The Bertz CT molecular complexity index is 985. The Kier molecular flexibility index (Phi) is 6.46. The highest BCUT2D eigenvalue weighted by molar-refractivity contribution is 8.38. The van der Waals surface area contributed by atoms with E-state index in [-0.39, 0.29) is 5.91 Å². The lowest BCUT2D eigenvalue weighted by Crippen LogP contribution is -2.13. The smallest absolute Gasteiger partial charge is 0.257 e. The number of thiazole rings is 1. The second kappa shape index (κ2) is 9.41. The minimum absolute atomic E-state index is 0.113. The first-order valence-corrected chi connectivity index (χ1v) is 11.7. The van der Waals surface area contributed by atoms with Crippen LogP contribution < -0.4 is 5.32 Å². The van der Waals surface area contributed by atoms with Gasteiger partial charge in [0.25, 0.3) is 5.91 Å². The largest absolute Gasteiger partial charge is 0.298 e. The van der Waals surface area contributed by atoms with E-state index in [1.54, 1.807) is 23.5 Å². The Hall–Kier alpha value is -2.09. The standard InChI is InChI=1S/C21H19N3OS3/c25-19(18-9-5-4-8-16(18)14-27-21-22-10-11-26-21)24-20-23-13-17(28-20)12-15-6-2-1-3-7-15/h1-9,13H,10-12,14H2,(H,23,24,25). The Morgan fingerprint density at radius 1 is 1.11 bits per heavy atom. The van der Waals surface area contributed by atoms with Crippen LogP contribution in [0.25, 0.3) is 0 Å². The van der Waals surface area contributed by atoms with Gasteiger partial charge in [-0.1, -0.05) is 72.1 Å². The van der Waals surface area contributed by atoms with Gasteiger partial charge in [0.05, 0.1) is 6.54 Å². The maximum Gasteiger partial charge on any atom is 0.257 e. The molecule has 0 atom stereocenters. The number of carbonyl (C=O) groups excluding carboxylic acids is 1. The highest BCUT2D eigenvalue weighted by Crippen LogP contribution is 2.27. The van der Waals surface area contributed by atoms with E-state index >= 15 is 0 Å². The molecular weight excluding hydrogens is 406 g/mol. The minimum Gasteiger partial charge on any atom is -0.298 e. The van der Waals surface area contributed by atoms with Crippen LogP contribution in [0, 0.1) is 0 Å². The van der Waals surface area contributed by atoms with Crippen molar-refractivity contribution in [2.75, 3.05) is 17.6 Å². The van der Waals surface area contributed by atoms with Gasteiger partial charge in [0.2, 0.25) is 0 Å². The van der Waals surface area contributed by atoms with Crippen LogP contribution in [0.3, 0.4) is 0 Å². The molecule has 0 saturated heterocycles. The minimum atomic E-state index is -0.113. The zero-order chi connectivity index (χ0) is 19.2. The summed E-state index contributed by atoms with van der Waals surface area (Å²) < 4.78 is 1.11. The molecule has 0 unspecified atom stereocenters. The number of hydrogen-bond acceptors (Lipinski definition) is 6. The molecular formula is C21H19N3OS3. The van der Waals surface area contributed by atoms with Crippen LogP contribution in [0.4, 0.5) is 5.13 Å². The Balaban J connectivity index is 1.41. The van der Waals surface area contributed by atoms with Crippen LogP contribution in [-0.2, 0) is 12.2 Å². The van der Waals surface area contributed by atoms with Gasteiger partial charge in [-0.15, -0.1) is 11.3 Å². The Morgan fingerprint density at radius 2 is 1.93 bits per heavy atom. The van der Waals surface area contributed by atoms with Crippen LogP contribution in [-0.4, -0.2) is 27.6 Å². The number of carbonyl (C=O) groups is 1. The third-order valence-electron chi connectivity index (χ3n) is 4.17. The molecule has 7 heteroatoms. The molecule has 4 nitrogen and oxygen atoms in total. The first kappa shape index (κ1) is 19.2. The van der Waals surface area contributed by atoms with Crippen molar-refractivity contribution in [1.29, 1.82) is 0 Å². The number of amides is 1. The predicted molar refractivity (Wildman–Crippen MR) is 122 cm³/mol. The molecule has 1 aliphatic rings. The fourth-order valence-corrected chi connectivity index (χ4v) is 5.67. The van der Waals surface area contributed by atoms with E-state index in [2.05, 4.69) is 27.4 Å². The van der Waals surface area contributed by atoms with Crippen molar-refractivity contribution in [2.45, 2.75) is 12.2 Å². The maximum atomic E-state index is 12.8. The van der Waals surface area contributed by atoms with Gasteiger partial charge in [-0.3, -0.25) is 15.1 Å². The molecule has 28 heavy (non-hydrogen) atoms. The van der Waals surface area contributed by atoms with Gasteiger partial charge in [-0.05, 0) is 17.2 Å². The third-order valence-corrected chi connectivity index (χ3v) is 7.38. The number of benzene rings is 2. The average molecular weight is 426 g/mol. The SMILES string of the molecule is O=C(Nc1ncc(Cc2ccccc2)s1)c1ccccc1CSC1=NCCS1. The summed E-state index contributed by atoms with van der Waals surface area (Å²) in [6, 6.07) is 18.0. The zero-order valence-corrected chi connectivity index (χ0v) is 17.6. The Labute approximate surface area is 176 Å². The molecule has 0 saturated carbocycles. The first-order valence-electron chi connectivity index (χ1n) is 8.96. The van der Waals surface area contributed by atoms with Gasteiger partial charge in [0, 0.05) is 34.6 Å². The van der Waals surface area contributed by atoms with E-state index in [0.717, 1.165) is 39.3 Å². The third kappa shape index (κ3) is 5.04. The molecule has 4 rings (SSSR count). The van der Waals surface area contributed by atoms with Crippen molar-refractivity contribution in [3.8, 4) is 0 Å². The summed E-state index contributed by atoms with van der Waals surface area (Å²) in [6.45, 7) is 0.893. The van der Waals surface area contributed by atoms with Gasteiger partial charge in [0.15, 0.2) is 5.13 Å². The lowest BCUT2D eigenvalue weighted by molar-refractivity contribution is 0.102. The molecule has 3 aromatic rings. The molecule has 142 valence electrons. The summed E-state index contributed by atoms with van der Waals surface area (Å²) in [5.41, 5.74) is 2.94. The number of rotatable bonds is 6. The summed E-state index contributed by atoms with van der Waals surface area (Å²) in [5.74, 6) is 1.68. The molecule has 2 aromatic carbocycles. The second-order valence-corrected chi connectivity index (χ2v) is 9.61. The average Bonchev–Trinajstić information content (AvgIpc) is 3.39. The van der Waals surface area contributed by atoms with E-state index in [0.29, 0.717) is 10.7 Å². The van der Waals surface area contributed by atoms with Gasteiger partial charge in [-0.25, -0.2) is 4.98 Å². The van der Waals surface area contributed by atoms with Crippen LogP contribution in [0.2, 0.25) is 0 Å². The molecule has 0 radical (unpaired) electrons. The van der Waals surface area contributed by atoms with E-state index in [4.69, 9.17) is 0 Å². The fraction of sp³-hybridized carbons (Fsp3) is 0.190. The van der Waals surface area contributed by atoms with Gasteiger partial charge in [-0.2, -0.15) is 0 Å². The van der Waals surface area contributed by atoms with E-state index in [9.17, 15) is 4.79 Å². The van der Waals surface area contributed by atoms with Crippen LogP contribution in [0.15, 0.2) is 65.8 Å². The van der Waals surface area contributed by atoms with Crippen molar-refractivity contribution >= 4 is 50.3 Å². The number of thioether (sulfide) groups is 2. The van der Waals surface area contributed by atoms with E-state index < -0.39 is 0 Å². The quantitative estimate of drug-likeness (QED) is 0.580. The van der Waals surface area contributed by atoms with E-state index in [1.165, 1.54) is 16.9 Å². The zero-order valence-electron chi connectivity index (χ0n) is 15.1. The van der Waals surface area contributed by atoms with Crippen molar-refractivity contribution < 1.29 is 4.79 Å². The lowest BCUT2D eigenvalue weighted by atomic mass is 10.1. The van der Waals surface area contributed by atoms with Gasteiger partial charge < -0.3 is 0 Å². The first-order chi connectivity index (χ1) is 13.8. The normalized spacial score (nSPS) is 13.4. The highest BCUT2D eigenvalue weighted by Gasteiger charge is 2.15. The maximum absolute atomic E-state index is 12.8. The van der Waals surface area contributed by atoms with Crippen molar-refractivity contribution in [3.63, 3.8) is 0 Å². The van der Waals surface area contributed by atoms with Crippen LogP contribution in [0.5, 0.6) is 0 Å². The molecule has 1 aliphatic heterocycles. The highest BCUT2D eigenvalue weighted by atomic mass is 32.2. The number of nitrogens with zero attached hydrogens (tertiary/aromatic N) is 2. The molecule has 2 heterocycles. The molecule has 0 fully saturated rings. The monoisotopic (exact) mass is 425 g/mol. The number of anilines is 1. The lowest BCUT2D eigenvalue weighted by Gasteiger charge is -2.08. The molecule has 0 bridgehead atoms. The van der Waals surface area contributed by atoms with Gasteiger partial charge >= 0.3 is 0 Å². The molecule has 0 spiro atoms. The second-order valence-electron chi connectivity index (χ2n) is 6.19. The topological polar surface area (TPSA) is 54.4 Å². The Morgan fingerprint density at radius 3 is 2.75 bits per heavy atom. The van der Waals surface area contributed by atoms with Gasteiger partial charge in [0.1, 0.15) is 4.38 Å². The number of hydrogen-bond donors (Lipinski definition) is 1. The predicted octanol–water partition coefficient (Wildman–Crippen LogP) is 5.32. The fourth-order valence-electron chi connectivity index (χ4n) is 2.82. The van der Waals surface area contributed by atoms with Crippen molar-refractivity contribution in [3.05, 3.63) is 82.4 Å². The van der Waals surface area contributed by atoms with Crippen molar-refractivity contribution in [1.82, 2.24) is 4.98 Å². The van der Waals surface area contributed by atoms with Crippen molar-refractivity contribution in [2.24, 2.45) is 4.99 Å². The summed E-state index contributed by atoms with van der Waals surface area (Å²) in [6.07, 6.45) is 2.66. The summed E-state index contributed by atoms with van der Waals surface area (Å²) in [7, 11) is 0. The summed E-state index contributed by atoms with van der Waals surface area (Å²) in [5, 5.41) is 3.59. The number of aromatic nitrogens is 1. The summed E-state index contributed by atoms with van der Waals surface area (Å²) in [4.78, 5) is 22.8. The number of nitrogens with one attached hydrogen (secondary N) is 1.